The van der Waals surface area contributed by atoms with Crippen LogP contribution < -0.4 is 0 Å². The standard InChI is InChI=1S/C48H30N4/c49-31-32-12-11-18-38(30-32)45-40-19-8-7-13-33(40)26-27-44(45)43-29-28-39(41-20-9-10-21-42(41)43)34-22-24-37(25-23-34)48-51-46(35-14-3-1-4-15-35)50-47(52-48)36-16-5-2-6-17-36/h1-30H. The van der Waals surface area contributed by atoms with Crippen molar-refractivity contribution in [1.82, 2.24) is 15.0 Å². The minimum absolute atomic E-state index is 0.628. The Bertz CT molecular complexity index is 2730. The Hall–Kier alpha value is -7.22. The average Bonchev–Trinajstić information content (AvgIpc) is 3.23. The molecule has 0 fully saturated rings. The van der Waals surface area contributed by atoms with Crippen LogP contribution in [0.3, 0.4) is 0 Å². The van der Waals surface area contributed by atoms with Crippen molar-refractivity contribution in [3.63, 3.8) is 0 Å². The maximum Gasteiger partial charge on any atom is 0.164 e. The van der Waals surface area contributed by atoms with Gasteiger partial charge in [-0.2, -0.15) is 5.26 Å². The van der Waals surface area contributed by atoms with Gasteiger partial charge in [0.05, 0.1) is 11.6 Å². The van der Waals surface area contributed by atoms with Crippen LogP contribution in [0.1, 0.15) is 5.56 Å². The third-order valence-electron chi connectivity index (χ3n) is 9.58. The summed E-state index contributed by atoms with van der Waals surface area (Å²) in [5, 5.41) is 14.4. The highest BCUT2D eigenvalue weighted by molar-refractivity contribution is 6.11. The number of rotatable bonds is 6. The molecule has 9 rings (SSSR count). The Morgan fingerprint density at radius 2 is 0.827 bits per heavy atom. The van der Waals surface area contributed by atoms with E-state index in [9.17, 15) is 5.26 Å². The van der Waals surface area contributed by atoms with Gasteiger partial charge in [0.15, 0.2) is 17.5 Å². The molecular weight excluding hydrogens is 633 g/mol. The molecule has 0 amide bonds. The summed E-state index contributed by atoms with van der Waals surface area (Å²) in [4.78, 5) is 14.7. The van der Waals surface area contributed by atoms with Crippen molar-refractivity contribution in [2.45, 2.75) is 0 Å². The molecule has 1 aromatic heterocycles. The molecule has 0 bridgehead atoms. The Morgan fingerprint density at radius 3 is 1.46 bits per heavy atom. The highest BCUT2D eigenvalue weighted by Gasteiger charge is 2.17. The van der Waals surface area contributed by atoms with E-state index in [1.807, 2.05) is 78.9 Å². The van der Waals surface area contributed by atoms with Crippen molar-refractivity contribution >= 4 is 21.5 Å². The largest absolute Gasteiger partial charge is 0.208 e. The maximum absolute atomic E-state index is 9.73. The molecule has 9 aromatic rings. The SMILES string of the molecule is N#Cc1cccc(-c2c(-c3ccc(-c4ccc(-c5nc(-c6ccccc6)nc(-c6ccccc6)n5)cc4)c4ccccc34)ccc3ccccc23)c1. The first kappa shape index (κ1) is 30.8. The van der Waals surface area contributed by atoms with Gasteiger partial charge in [-0.05, 0) is 67.1 Å². The molecule has 1 heterocycles. The van der Waals surface area contributed by atoms with Crippen molar-refractivity contribution in [3.8, 4) is 73.6 Å². The molecule has 0 saturated carbocycles. The second-order valence-corrected chi connectivity index (χ2v) is 12.7. The second-order valence-electron chi connectivity index (χ2n) is 12.7. The van der Waals surface area contributed by atoms with Crippen molar-refractivity contribution in [1.29, 1.82) is 5.26 Å². The average molecular weight is 663 g/mol. The molecule has 0 saturated heterocycles. The van der Waals surface area contributed by atoms with Gasteiger partial charge in [-0.25, -0.2) is 15.0 Å². The summed E-state index contributed by atoms with van der Waals surface area (Å²) < 4.78 is 0. The first-order chi connectivity index (χ1) is 25.7. The van der Waals surface area contributed by atoms with E-state index < -0.39 is 0 Å². The van der Waals surface area contributed by atoms with Gasteiger partial charge in [0, 0.05) is 16.7 Å². The van der Waals surface area contributed by atoms with Crippen LogP contribution in [0, 0.1) is 11.3 Å². The highest BCUT2D eigenvalue weighted by atomic mass is 15.0. The van der Waals surface area contributed by atoms with Crippen molar-refractivity contribution in [2.75, 3.05) is 0 Å². The Kier molecular flexibility index (Phi) is 7.85. The lowest BCUT2D eigenvalue weighted by molar-refractivity contribution is 1.07. The van der Waals surface area contributed by atoms with Gasteiger partial charge in [0.1, 0.15) is 0 Å². The molecule has 0 spiro atoms. The zero-order valence-corrected chi connectivity index (χ0v) is 28.1. The molecule has 0 radical (unpaired) electrons. The molecule has 0 unspecified atom stereocenters. The number of nitrogens with zero attached hydrogens (tertiary/aromatic N) is 4. The zero-order chi connectivity index (χ0) is 34.9. The summed E-state index contributed by atoms with van der Waals surface area (Å²) in [5.41, 5.74) is 10.1. The minimum atomic E-state index is 0.628. The molecule has 8 aromatic carbocycles. The normalized spacial score (nSPS) is 11.1. The molecule has 4 heteroatoms. The second kappa shape index (κ2) is 13.2. The minimum Gasteiger partial charge on any atom is -0.208 e. The highest BCUT2D eigenvalue weighted by Crippen LogP contribution is 2.43. The van der Waals surface area contributed by atoms with E-state index in [0.717, 1.165) is 71.6 Å². The van der Waals surface area contributed by atoms with Gasteiger partial charge < -0.3 is 0 Å². The van der Waals surface area contributed by atoms with E-state index in [-0.39, 0.29) is 0 Å². The van der Waals surface area contributed by atoms with E-state index >= 15 is 0 Å². The van der Waals surface area contributed by atoms with Gasteiger partial charge in [-0.3, -0.25) is 0 Å². The third kappa shape index (κ3) is 5.67. The summed E-state index contributed by atoms with van der Waals surface area (Å²) in [6, 6.07) is 64.7. The van der Waals surface area contributed by atoms with Crippen LogP contribution in [0.5, 0.6) is 0 Å². The fourth-order valence-corrected chi connectivity index (χ4v) is 7.07. The summed E-state index contributed by atoms with van der Waals surface area (Å²) in [7, 11) is 0. The summed E-state index contributed by atoms with van der Waals surface area (Å²) in [5.74, 6) is 1.91. The number of hydrogen-bond acceptors (Lipinski definition) is 4. The number of fused-ring (bicyclic) bond motifs is 2. The van der Waals surface area contributed by atoms with E-state index in [1.54, 1.807) is 0 Å². The predicted molar refractivity (Wildman–Crippen MR) is 212 cm³/mol. The van der Waals surface area contributed by atoms with Crippen LogP contribution in [0.25, 0.3) is 89.1 Å². The Morgan fingerprint density at radius 1 is 0.346 bits per heavy atom. The van der Waals surface area contributed by atoms with Crippen molar-refractivity contribution in [3.05, 3.63) is 188 Å². The smallest absolute Gasteiger partial charge is 0.164 e. The van der Waals surface area contributed by atoms with Crippen LogP contribution in [0.4, 0.5) is 0 Å². The molecule has 0 aliphatic heterocycles. The van der Waals surface area contributed by atoms with Crippen LogP contribution in [-0.2, 0) is 0 Å². The van der Waals surface area contributed by atoms with Crippen molar-refractivity contribution in [2.24, 2.45) is 0 Å². The van der Waals surface area contributed by atoms with Crippen LogP contribution in [-0.4, -0.2) is 15.0 Å². The van der Waals surface area contributed by atoms with Crippen molar-refractivity contribution < 1.29 is 0 Å². The van der Waals surface area contributed by atoms with Gasteiger partial charge in [-0.15, -0.1) is 0 Å². The summed E-state index contributed by atoms with van der Waals surface area (Å²) in [6.45, 7) is 0. The zero-order valence-electron chi connectivity index (χ0n) is 28.1. The molecule has 0 N–H and O–H groups in total. The topological polar surface area (TPSA) is 62.5 Å². The molecule has 52 heavy (non-hydrogen) atoms. The fraction of sp³-hybridized carbons (Fsp3) is 0. The van der Waals surface area contributed by atoms with E-state index in [0.29, 0.717) is 23.0 Å². The Labute approximate surface area is 302 Å². The lowest BCUT2D eigenvalue weighted by Gasteiger charge is -2.18. The third-order valence-corrected chi connectivity index (χ3v) is 9.58. The van der Waals surface area contributed by atoms with Gasteiger partial charge >= 0.3 is 0 Å². The molecule has 0 aliphatic rings. The van der Waals surface area contributed by atoms with Gasteiger partial charge in [0.25, 0.3) is 0 Å². The van der Waals surface area contributed by atoms with Crippen LogP contribution >= 0.6 is 0 Å². The lowest BCUT2D eigenvalue weighted by atomic mass is 9.86. The number of aromatic nitrogens is 3. The van der Waals surface area contributed by atoms with Gasteiger partial charge in [0.2, 0.25) is 0 Å². The first-order valence-electron chi connectivity index (χ1n) is 17.3. The Balaban J connectivity index is 1.15. The number of benzene rings is 8. The number of nitriles is 1. The fourth-order valence-electron chi connectivity index (χ4n) is 7.07. The van der Waals surface area contributed by atoms with E-state index in [1.165, 1.54) is 0 Å². The molecule has 242 valence electrons. The van der Waals surface area contributed by atoms with E-state index in [4.69, 9.17) is 15.0 Å². The van der Waals surface area contributed by atoms with Gasteiger partial charge in [-0.1, -0.05) is 170 Å². The predicted octanol–water partition coefficient (Wildman–Crippen LogP) is 12.1. The molecule has 0 atom stereocenters. The lowest BCUT2D eigenvalue weighted by Crippen LogP contribution is -2.00. The molecule has 4 nitrogen and oxygen atoms in total. The van der Waals surface area contributed by atoms with E-state index in [2.05, 4.69) is 109 Å². The summed E-state index contributed by atoms with van der Waals surface area (Å²) in [6.07, 6.45) is 0. The first-order valence-corrected chi connectivity index (χ1v) is 17.3. The number of hydrogen-bond donors (Lipinski definition) is 0. The van der Waals surface area contributed by atoms with Crippen LogP contribution in [0.2, 0.25) is 0 Å². The summed E-state index contributed by atoms with van der Waals surface area (Å²) >= 11 is 0. The molecule has 0 aliphatic carbocycles. The maximum atomic E-state index is 9.73. The molecular formula is C48H30N4. The monoisotopic (exact) mass is 662 g/mol. The van der Waals surface area contributed by atoms with Crippen LogP contribution in [0.15, 0.2) is 182 Å². The quantitative estimate of drug-likeness (QED) is 0.178.